The molecule has 0 saturated heterocycles. The Morgan fingerprint density at radius 3 is 2.00 bits per heavy atom. The number of benzene rings is 3. The second kappa shape index (κ2) is 9.07. The summed E-state index contributed by atoms with van der Waals surface area (Å²) in [6, 6.07) is 17.7. The first-order valence-corrected chi connectivity index (χ1v) is 9.31. The van der Waals surface area contributed by atoms with Crippen molar-refractivity contribution in [3.8, 4) is 5.75 Å². The molecule has 0 amide bonds. The van der Waals surface area contributed by atoms with E-state index < -0.39 is 5.97 Å². The monoisotopic (exact) mass is 430 g/mol. The van der Waals surface area contributed by atoms with E-state index in [-0.39, 0.29) is 5.78 Å². The molecule has 0 aliphatic heterocycles. The molecule has 0 spiro atoms. The van der Waals surface area contributed by atoms with Gasteiger partial charge in [-0.3, -0.25) is 4.79 Å². The van der Waals surface area contributed by atoms with Crippen LogP contribution >= 0.6 is 34.8 Å². The summed E-state index contributed by atoms with van der Waals surface area (Å²) >= 11 is 17.7. The fraction of sp³-hybridized carbons (Fsp3) is 0. The summed E-state index contributed by atoms with van der Waals surface area (Å²) in [7, 11) is 0. The fourth-order valence-corrected chi connectivity index (χ4v) is 2.94. The van der Waals surface area contributed by atoms with Crippen molar-refractivity contribution in [1.82, 2.24) is 0 Å². The molecule has 0 N–H and O–H groups in total. The zero-order valence-electron chi connectivity index (χ0n) is 14.4. The normalized spacial score (nSPS) is 10.8. The highest BCUT2D eigenvalue weighted by Gasteiger charge is 2.09. The Morgan fingerprint density at radius 2 is 1.36 bits per heavy atom. The molecule has 0 atom stereocenters. The van der Waals surface area contributed by atoms with Crippen LogP contribution < -0.4 is 4.74 Å². The lowest BCUT2D eigenvalue weighted by atomic mass is 10.1. The predicted octanol–water partition coefficient (Wildman–Crippen LogP) is 6.76. The molecule has 140 valence electrons. The number of hydrogen-bond acceptors (Lipinski definition) is 3. The van der Waals surface area contributed by atoms with Crippen LogP contribution in [0.3, 0.4) is 0 Å². The lowest BCUT2D eigenvalue weighted by Crippen LogP contribution is -2.08. The number of carbonyl (C=O) groups is 2. The molecule has 0 fully saturated rings. The minimum absolute atomic E-state index is 0.207. The molecule has 0 aliphatic carbocycles. The zero-order chi connectivity index (χ0) is 20.1. The van der Waals surface area contributed by atoms with Gasteiger partial charge in [0.15, 0.2) is 5.78 Å². The van der Waals surface area contributed by atoms with Gasteiger partial charge in [0.05, 0.1) is 5.56 Å². The maximum absolute atomic E-state index is 12.3. The molecule has 3 aromatic rings. The van der Waals surface area contributed by atoms with E-state index in [0.717, 1.165) is 0 Å². The highest BCUT2D eigenvalue weighted by atomic mass is 35.5. The lowest BCUT2D eigenvalue weighted by Gasteiger charge is -2.05. The van der Waals surface area contributed by atoms with Crippen LogP contribution in [-0.4, -0.2) is 11.8 Å². The van der Waals surface area contributed by atoms with Gasteiger partial charge in [0.1, 0.15) is 5.75 Å². The van der Waals surface area contributed by atoms with Gasteiger partial charge in [0, 0.05) is 20.6 Å². The van der Waals surface area contributed by atoms with Crippen LogP contribution in [0.5, 0.6) is 5.75 Å². The summed E-state index contributed by atoms with van der Waals surface area (Å²) in [6.45, 7) is 0. The average molecular weight is 432 g/mol. The van der Waals surface area contributed by atoms with Crippen molar-refractivity contribution in [2.45, 2.75) is 0 Å². The van der Waals surface area contributed by atoms with Crippen molar-refractivity contribution >= 4 is 52.6 Å². The smallest absolute Gasteiger partial charge is 0.343 e. The summed E-state index contributed by atoms with van der Waals surface area (Å²) in [4.78, 5) is 24.4. The van der Waals surface area contributed by atoms with E-state index in [1.54, 1.807) is 72.8 Å². The standard InChI is InChI=1S/C22H13Cl3O3/c23-17-7-2-16(3-8-17)22(27)28-19-10-4-15(5-11-19)21(26)12-6-14-1-9-18(24)13-20(14)25/h1-13H. The third kappa shape index (κ3) is 5.23. The first-order valence-electron chi connectivity index (χ1n) is 8.17. The summed E-state index contributed by atoms with van der Waals surface area (Å²) in [5, 5.41) is 1.52. The van der Waals surface area contributed by atoms with Crippen molar-refractivity contribution in [2.75, 3.05) is 0 Å². The molecule has 6 heteroatoms. The number of rotatable bonds is 5. The summed E-state index contributed by atoms with van der Waals surface area (Å²) < 4.78 is 5.29. The largest absolute Gasteiger partial charge is 0.423 e. The Kier molecular flexibility index (Phi) is 6.53. The van der Waals surface area contributed by atoms with Gasteiger partial charge in [-0.05, 0) is 78.4 Å². The number of halogens is 3. The molecule has 0 aromatic heterocycles. The van der Waals surface area contributed by atoms with E-state index in [1.807, 2.05) is 0 Å². The van der Waals surface area contributed by atoms with Gasteiger partial charge in [-0.25, -0.2) is 4.79 Å². The quantitative estimate of drug-likeness (QED) is 0.194. The Bertz CT molecular complexity index is 1040. The Hall–Kier alpha value is -2.59. The van der Waals surface area contributed by atoms with Crippen molar-refractivity contribution in [3.63, 3.8) is 0 Å². The number of ketones is 1. The summed E-state index contributed by atoms with van der Waals surface area (Å²) in [5.41, 5.74) is 1.52. The fourth-order valence-electron chi connectivity index (χ4n) is 2.34. The van der Waals surface area contributed by atoms with Crippen molar-refractivity contribution < 1.29 is 14.3 Å². The van der Waals surface area contributed by atoms with Gasteiger partial charge >= 0.3 is 5.97 Å². The molecule has 0 radical (unpaired) electrons. The van der Waals surface area contributed by atoms with E-state index in [4.69, 9.17) is 39.5 Å². The summed E-state index contributed by atoms with van der Waals surface area (Å²) in [5.74, 6) is -0.379. The molecule has 28 heavy (non-hydrogen) atoms. The van der Waals surface area contributed by atoms with Gasteiger partial charge in [-0.15, -0.1) is 0 Å². The lowest BCUT2D eigenvalue weighted by molar-refractivity contribution is 0.0734. The second-order valence-corrected chi connectivity index (χ2v) is 7.06. The van der Waals surface area contributed by atoms with E-state index in [2.05, 4.69) is 0 Å². The van der Waals surface area contributed by atoms with Crippen LogP contribution in [0.25, 0.3) is 6.08 Å². The third-order valence-corrected chi connectivity index (χ3v) is 4.62. The second-order valence-electron chi connectivity index (χ2n) is 5.78. The zero-order valence-corrected chi connectivity index (χ0v) is 16.6. The van der Waals surface area contributed by atoms with Crippen LogP contribution in [0, 0.1) is 0 Å². The van der Waals surface area contributed by atoms with E-state index in [0.29, 0.717) is 37.5 Å². The number of allylic oxidation sites excluding steroid dienone is 1. The third-order valence-electron chi connectivity index (χ3n) is 3.81. The van der Waals surface area contributed by atoms with Crippen LogP contribution in [-0.2, 0) is 0 Å². The average Bonchev–Trinajstić information content (AvgIpc) is 2.68. The number of esters is 1. The van der Waals surface area contributed by atoms with Crippen molar-refractivity contribution in [3.05, 3.63) is 105 Å². The molecule has 0 saturated carbocycles. The number of ether oxygens (including phenoxy) is 1. The molecule has 0 unspecified atom stereocenters. The van der Waals surface area contributed by atoms with Gasteiger partial charge in [0.25, 0.3) is 0 Å². The van der Waals surface area contributed by atoms with E-state index in [1.165, 1.54) is 6.08 Å². The van der Waals surface area contributed by atoms with Crippen molar-refractivity contribution in [2.24, 2.45) is 0 Å². The highest BCUT2D eigenvalue weighted by Crippen LogP contribution is 2.22. The Morgan fingerprint density at radius 1 is 0.750 bits per heavy atom. The van der Waals surface area contributed by atoms with Gasteiger partial charge < -0.3 is 4.74 Å². The molecule has 0 aliphatic rings. The van der Waals surface area contributed by atoms with Crippen molar-refractivity contribution in [1.29, 1.82) is 0 Å². The minimum atomic E-state index is -0.506. The van der Waals surface area contributed by atoms with Crippen LogP contribution in [0.2, 0.25) is 15.1 Å². The van der Waals surface area contributed by atoms with E-state index >= 15 is 0 Å². The minimum Gasteiger partial charge on any atom is -0.423 e. The summed E-state index contributed by atoms with van der Waals surface area (Å²) in [6.07, 6.45) is 3.04. The molecule has 3 nitrogen and oxygen atoms in total. The van der Waals surface area contributed by atoms with Gasteiger partial charge in [-0.1, -0.05) is 40.9 Å². The molecule has 3 aromatic carbocycles. The highest BCUT2D eigenvalue weighted by molar-refractivity contribution is 6.35. The van der Waals surface area contributed by atoms with Gasteiger partial charge in [0.2, 0.25) is 0 Å². The maximum atomic E-state index is 12.3. The number of hydrogen-bond donors (Lipinski definition) is 0. The molecular weight excluding hydrogens is 419 g/mol. The maximum Gasteiger partial charge on any atom is 0.343 e. The molecule has 0 heterocycles. The van der Waals surface area contributed by atoms with E-state index in [9.17, 15) is 9.59 Å². The SMILES string of the molecule is O=C(C=Cc1ccc(Cl)cc1Cl)c1ccc(OC(=O)c2ccc(Cl)cc2)cc1. The Labute approximate surface area is 177 Å². The molecular formula is C22H13Cl3O3. The van der Waals surface area contributed by atoms with Crippen LogP contribution in [0.1, 0.15) is 26.3 Å². The first-order chi connectivity index (χ1) is 13.4. The predicted molar refractivity (Wildman–Crippen MR) is 113 cm³/mol. The first kappa shape index (κ1) is 20.2. The number of carbonyl (C=O) groups excluding carboxylic acids is 2. The van der Waals surface area contributed by atoms with Crippen LogP contribution in [0.4, 0.5) is 0 Å². The molecule has 3 rings (SSSR count). The van der Waals surface area contributed by atoms with Crippen LogP contribution in [0.15, 0.2) is 72.8 Å². The van der Waals surface area contributed by atoms with Gasteiger partial charge in [-0.2, -0.15) is 0 Å². The molecule has 0 bridgehead atoms. The Balaban J connectivity index is 1.66. The topological polar surface area (TPSA) is 43.4 Å².